The van der Waals surface area contributed by atoms with Gasteiger partial charge in [0.2, 0.25) is 5.91 Å². The minimum atomic E-state index is -0.471. The van der Waals surface area contributed by atoms with Crippen molar-refractivity contribution in [1.82, 2.24) is 25.2 Å². The molecule has 30 heavy (non-hydrogen) atoms. The first-order valence-electron chi connectivity index (χ1n) is 10.4. The molecule has 6 nitrogen and oxygen atoms in total. The summed E-state index contributed by atoms with van der Waals surface area (Å²) in [7, 11) is 1.74. The summed E-state index contributed by atoms with van der Waals surface area (Å²) in [6.07, 6.45) is 11.4. The van der Waals surface area contributed by atoms with Gasteiger partial charge < -0.3 is 5.32 Å². The lowest BCUT2D eigenvalue weighted by atomic mass is 9.73. The van der Waals surface area contributed by atoms with Crippen LogP contribution in [0, 0.1) is 5.41 Å². The molecule has 1 amide bonds. The molecule has 1 aliphatic rings. The maximum Gasteiger partial charge on any atom is 0.227 e. The predicted octanol–water partition coefficient (Wildman–Crippen LogP) is 3.11. The van der Waals surface area contributed by atoms with Crippen molar-refractivity contribution in [2.45, 2.75) is 25.8 Å². The fourth-order valence-electron chi connectivity index (χ4n) is 4.55. The molecule has 3 heterocycles. The monoisotopic (exact) mass is 401 g/mol. The van der Waals surface area contributed by atoms with Crippen LogP contribution in [0.1, 0.15) is 24.0 Å². The number of amides is 1. The van der Waals surface area contributed by atoms with E-state index in [2.05, 4.69) is 43.4 Å². The highest BCUT2D eigenvalue weighted by atomic mass is 16.2. The number of likely N-dealkylation sites (tertiary alicyclic amines) is 1. The molecule has 0 bridgehead atoms. The van der Waals surface area contributed by atoms with Crippen molar-refractivity contribution in [1.29, 1.82) is 0 Å². The number of piperidine rings is 1. The second kappa shape index (κ2) is 9.13. The number of hydrogen-bond acceptors (Lipinski definition) is 5. The van der Waals surface area contributed by atoms with Crippen molar-refractivity contribution in [2.24, 2.45) is 5.41 Å². The van der Waals surface area contributed by atoms with Crippen molar-refractivity contribution < 1.29 is 4.79 Å². The third-order valence-corrected chi connectivity index (χ3v) is 5.91. The number of benzene rings is 1. The molecule has 1 aromatic carbocycles. The van der Waals surface area contributed by atoms with E-state index in [0.29, 0.717) is 6.42 Å². The molecule has 2 aromatic heterocycles. The molecule has 4 rings (SSSR count). The van der Waals surface area contributed by atoms with E-state index in [9.17, 15) is 4.79 Å². The first kappa shape index (κ1) is 20.2. The Labute approximate surface area is 177 Å². The fourth-order valence-corrected chi connectivity index (χ4v) is 4.55. The van der Waals surface area contributed by atoms with E-state index in [0.717, 1.165) is 49.2 Å². The number of carbonyl (C=O) groups excluding carboxylic acids is 1. The van der Waals surface area contributed by atoms with E-state index in [4.69, 9.17) is 0 Å². The van der Waals surface area contributed by atoms with Crippen molar-refractivity contribution in [3.8, 4) is 11.1 Å². The molecule has 1 atom stereocenters. The van der Waals surface area contributed by atoms with Gasteiger partial charge in [-0.15, -0.1) is 0 Å². The van der Waals surface area contributed by atoms with Crippen LogP contribution in [0.3, 0.4) is 0 Å². The number of pyridine rings is 1. The second-order valence-electron chi connectivity index (χ2n) is 8.00. The zero-order valence-corrected chi connectivity index (χ0v) is 17.3. The highest BCUT2D eigenvalue weighted by Gasteiger charge is 2.42. The van der Waals surface area contributed by atoms with Crippen LogP contribution in [0.2, 0.25) is 0 Å². The molecule has 1 aliphatic heterocycles. The Morgan fingerprint density at radius 2 is 1.93 bits per heavy atom. The van der Waals surface area contributed by atoms with Gasteiger partial charge in [-0.1, -0.05) is 30.3 Å². The number of nitrogens with zero attached hydrogens (tertiary/aromatic N) is 4. The number of aromatic nitrogens is 3. The summed E-state index contributed by atoms with van der Waals surface area (Å²) < 4.78 is 0. The summed E-state index contributed by atoms with van der Waals surface area (Å²) >= 11 is 0. The fraction of sp³-hybridized carbons (Fsp3) is 0.333. The summed E-state index contributed by atoms with van der Waals surface area (Å²) in [5, 5.41) is 2.94. The Kier molecular flexibility index (Phi) is 6.14. The lowest BCUT2D eigenvalue weighted by Gasteiger charge is -2.42. The van der Waals surface area contributed by atoms with Crippen LogP contribution in [-0.4, -0.2) is 45.9 Å². The van der Waals surface area contributed by atoms with Gasteiger partial charge in [0.05, 0.1) is 5.41 Å². The molecule has 1 N–H and O–H groups in total. The van der Waals surface area contributed by atoms with E-state index in [1.807, 2.05) is 36.8 Å². The number of rotatable bonds is 6. The maximum absolute atomic E-state index is 13.2. The standard InChI is InChI=1S/C24H27N5O/c1-25-23(30)24(9-5-11-29(17-24)16-19-6-4-10-26-13-19)12-20-7-2-3-8-22(20)21-14-27-18-28-15-21/h2-4,6-8,10,13-15,18H,5,9,11-12,16-17H2,1H3,(H,25,30)/t24-/m0/s1. The van der Waals surface area contributed by atoms with Gasteiger partial charge in [-0.2, -0.15) is 0 Å². The predicted molar refractivity (Wildman–Crippen MR) is 116 cm³/mol. The van der Waals surface area contributed by atoms with Crippen LogP contribution in [0.15, 0.2) is 67.5 Å². The van der Waals surface area contributed by atoms with Gasteiger partial charge in [0.15, 0.2) is 0 Å². The smallest absolute Gasteiger partial charge is 0.227 e. The van der Waals surface area contributed by atoms with E-state index >= 15 is 0 Å². The van der Waals surface area contributed by atoms with Crippen LogP contribution in [0.25, 0.3) is 11.1 Å². The lowest BCUT2D eigenvalue weighted by molar-refractivity contribution is -0.134. The highest BCUT2D eigenvalue weighted by Crippen LogP contribution is 2.37. The molecule has 154 valence electrons. The molecule has 0 saturated carbocycles. The van der Waals surface area contributed by atoms with Crippen LogP contribution >= 0.6 is 0 Å². The first-order chi connectivity index (χ1) is 14.7. The average Bonchev–Trinajstić information content (AvgIpc) is 2.80. The first-order valence-corrected chi connectivity index (χ1v) is 10.4. The topological polar surface area (TPSA) is 71.0 Å². The zero-order chi connectivity index (χ0) is 20.8. The van der Waals surface area contributed by atoms with Gasteiger partial charge in [0.25, 0.3) is 0 Å². The van der Waals surface area contributed by atoms with Gasteiger partial charge in [0, 0.05) is 50.5 Å². The molecule has 0 radical (unpaired) electrons. The van der Waals surface area contributed by atoms with Crippen LogP contribution in [0.5, 0.6) is 0 Å². The SMILES string of the molecule is CNC(=O)[C@]1(Cc2ccccc2-c2cncnc2)CCCN(Cc2cccnc2)C1. The van der Waals surface area contributed by atoms with E-state index < -0.39 is 5.41 Å². The van der Waals surface area contributed by atoms with Crippen LogP contribution < -0.4 is 5.32 Å². The maximum atomic E-state index is 13.2. The lowest BCUT2D eigenvalue weighted by Crippen LogP contribution is -2.52. The molecule has 3 aromatic rings. The minimum absolute atomic E-state index is 0.109. The molecular formula is C24H27N5O. The highest BCUT2D eigenvalue weighted by molar-refractivity contribution is 5.83. The van der Waals surface area contributed by atoms with Gasteiger partial charge in [-0.3, -0.25) is 14.7 Å². The third kappa shape index (κ3) is 4.39. The minimum Gasteiger partial charge on any atom is -0.359 e. The third-order valence-electron chi connectivity index (χ3n) is 5.91. The van der Waals surface area contributed by atoms with E-state index in [1.165, 1.54) is 11.9 Å². The Bertz CT molecular complexity index is 979. The molecule has 1 saturated heterocycles. The van der Waals surface area contributed by atoms with E-state index in [-0.39, 0.29) is 5.91 Å². The summed E-state index contributed by atoms with van der Waals surface area (Å²) in [5.74, 6) is 0.109. The summed E-state index contributed by atoms with van der Waals surface area (Å²) in [4.78, 5) is 28.1. The summed E-state index contributed by atoms with van der Waals surface area (Å²) in [6, 6.07) is 12.3. The summed E-state index contributed by atoms with van der Waals surface area (Å²) in [6.45, 7) is 2.52. The molecule has 1 fully saturated rings. The van der Waals surface area contributed by atoms with Gasteiger partial charge >= 0.3 is 0 Å². The average molecular weight is 402 g/mol. The Morgan fingerprint density at radius 3 is 2.70 bits per heavy atom. The quantitative estimate of drug-likeness (QED) is 0.687. The molecule has 6 heteroatoms. The molecule has 0 spiro atoms. The largest absolute Gasteiger partial charge is 0.359 e. The van der Waals surface area contributed by atoms with Gasteiger partial charge in [-0.25, -0.2) is 9.97 Å². The van der Waals surface area contributed by atoms with Gasteiger partial charge in [-0.05, 0) is 48.6 Å². The Balaban J connectivity index is 1.63. The van der Waals surface area contributed by atoms with Crippen LogP contribution in [0.4, 0.5) is 0 Å². The number of hydrogen-bond donors (Lipinski definition) is 1. The Morgan fingerprint density at radius 1 is 1.10 bits per heavy atom. The number of nitrogens with one attached hydrogen (secondary N) is 1. The normalized spacial score (nSPS) is 19.4. The second-order valence-corrected chi connectivity index (χ2v) is 8.00. The summed E-state index contributed by atoms with van der Waals surface area (Å²) in [5.41, 5.74) is 3.92. The molecule has 0 unspecified atom stereocenters. The molecule has 0 aliphatic carbocycles. The zero-order valence-electron chi connectivity index (χ0n) is 17.3. The molecular weight excluding hydrogens is 374 g/mol. The van der Waals surface area contributed by atoms with Gasteiger partial charge in [0.1, 0.15) is 6.33 Å². The van der Waals surface area contributed by atoms with Crippen LogP contribution in [-0.2, 0) is 17.8 Å². The van der Waals surface area contributed by atoms with E-state index in [1.54, 1.807) is 13.2 Å². The number of carbonyl (C=O) groups is 1. The van der Waals surface area contributed by atoms with Crippen molar-refractivity contribution in [3.05, 3.63) is 78.6 Å². The van der Waals surface area contributed by atoms with Crippen molar-refractivity contribution in [2.75, 3.05) is 20.1 Å². The van der Waals surface area contributed by atoms with Crippen molar-refractivity contribution in [3.63, 3.8) is 0 Å². The Hall–Kier alpha value is -3.12. The van der Waals surface area contributed by atoms with Crippen molar-refractivity contribution >= 4 is 5.91 Å².